The molecule has 0 unspecified atom stereocenters. The largest absolute Gasteiger partial charge is 0.332 e. The fourth-order valence-corrected chi connectivity index (χ4v) is 3.78. The number of hydrogen-bond acceptors (Lipinski definition) is 5. The molecule has 9 heteroatoms. The quantitative estimate of drug-likeness (QED) is 0.554. The summed E-state index contributed by atoms with van der Waals surface area (Å²) < 4.78 is 4.10. The summed E-state index contributed by atoms with van der Waals surface area (Å²) >= 11 is 6.05. The minimum absolute atomic E-state index is 0.0886. The van der Waals surface area contributed by atoms with E-state index in [0.717, 1.165) is 4.57 Å². The molecule has 1 aromatic carbocycles. The van der Waals surface area contributed by atoms with E-state index >= 15 is 0 Å². The molecule has 0 fully saturated rings. The second-order valence-corrected chi connectivity index (χ2v) is 6.82. The first-order valence-corrected chi connectivity index (χ1v) is 8.76. The van der Waals surface area contributed by atoms with Crippen LogP contribution in [0.25, 0.3) is 27.8 Å². The van der Waals surface area contributed by atoms with Gasteiger partial charge in [0, 0.05) is 54.7 Å². The number of nitriles is 1. The number of rotatable bonds is 2. The molecule has 8 nitrogen and oxygen atoms in total. The number of nitrogens with zero attached hydrogens (tertiary/aromatic N) is 5. The summed E-state index contributed by atoms with van der Waals surface area (Å²) in [6.07, 6.45) is 3.25. The molecule has 0 amide bonds. The Kier molecular flexibility index (Phi) is 4.07. The summed E-state index contributed by atoms with van der Waals surface area (Å²) in [7, 11) is 3.00. The lowest BCUT2D eigenvalue weighted by atomic mass is 9.94. The molecule has 0 spiro atoms. The van der Waals surface area contributed by atoms with Crippen molar-refractivity contribution in [2.45, 2.75) is 6.54 Å². The molecule has 28 heavy (non-hydrogen) atoms. The van der Waals surface area contributed by atoms with Gasteiger partial charge in [0.05, 0.1) is 17.0 Å². The molecule has 140 valence electrons. The summed E-state index contributed by atoms with van der Waals surface area (Å²) in [6.45, 7) is 0.0886. The highest BCUT2D eigenvalue weighted by Gasteiger charge is 2.23. The van der Waals surface area contributed by atoms with Gasteiger partial charge in [-0.2, -0.15) is 5.26 Å². The molecule has 0 saturated heterocycles. The van der Waals surface area contributed by atoms with Gasteiger partial charge in [0.25, 0.3) is 5.56 Å². The van der Waals surface area contributed by atoms with Crippen molar-refractivity contribution in [2.24, 2.45) is 19.8 Å². The Morgan fingerprint density at radius 2 is 2.00 bits per heavy atom. The van der Waals surface area contributed by atoms with Crippen molar-refractivity contribution in [1.29, 1.82) is 5.26 Å². The van der Waals surface area contributed by atoms with E-state index in [9.17, 15) is 14.9 Å². The molecule has 0 saturated carbocycles. The Labute approximate surface area is 163 Å². The maximum absolute atomic E-state index is 13.2. The molecule has 3 aromatic heterocycles. The van der Waals surface area contributed by atoms with E-state index in [1.165, 1.54) is 17.7 Å². The molecule has 0 aliphatic rings. The number of imidazole rings is 1. The summed E-state index contributed by atoms with van der Waals surface area (Å²) in [6, 6.07) is 6.98. The Hall–Kier alpha value is -3.41. The monoisotopic (exact) mass is 394 g/mol. The summed E-state index contributed by atoms with van der Waals surface area (Å²) in [5.74, 6) is 0. The van der Waals surface area contributed by atoms with Gasteiger partial charge in [0.15, 0.2) is 0 Å². The lowest BCUT2D eigenvalue weighted by molar-refractivity contribution is 0.704. The van der Waals surface area contributed by atoms with Crippen molar-refractivity contribution < 1.29 is 0 Å². The average Bonchev–Trinajstić information content (AvgIpc) is 3.18. The predicted molar refractivity (Wildman–Crippen MR) is 106 cm³/mol. The number of aromatic nitrogens is 4. The Bertz CT molecular complexity index is 1440. The van der Waals surface area contributed by atoms with Crippen LogP contribution < -0.4 is 17.0 Å². The minimum Gasteiger partial charge on any atom is -0.326 e. The third kappa shape index (κ3) is 2.30. The summed E-state index contributed by atoms with van der Waals surface area (Å²) in [5, 5.41) is 10.3. The van der Waals surface area contributed by atoms with Crippen LogP contribution in [0.3, 0.4) is 0 Å². The lowest BCUT2D eigenvalue weighted by Crippen LogP contribution is -2.38. The Morgan fingerprint density at radius 1 is 1.25 bits per heavy atom. The number of aryl methyl sites for hydroxylation is 1. The molecule has 4 aromatic rings. The first-order chi connectivity index (χ1) is 13.4. The molecular weight excluding hydrogens is 380 g/mol. The van der Waals surface area contributed by atoms with E-state index < -0.39 is 11.2 Å². The number of hydrogen-bond donors (Lipinski definition) is 1. The topological polar surface area (TPSA) is 111 Å². The number of halogens is 1. The van der Waals surface area contributed by atoms with Gasteiger partial charge in [-0.3, -0.25) is 18.3 Å². The number of benzene rings is 1. The van der Waals surface area contributed by atoms with E-state index in [1.54, 1.807) is 36.0 Å². The minimum atomic E-state index is -0.475. The fraction of sp³-hybridized carbons (Fsp3) is 0.158. The van der Waals surface area contributed by atoms with Gasteiger partial charge in [-0.15, -0.1) is 0 Å². The zero-order chi connectivity index (χ0) is 20.2. The van der Waals surface area contributed by atoms with Gasteiger partial charge < -0.3 is 5.73 Å². The highest BCUT2D eigenvalue weighted by Crippen LogP contribution is 2.35. The van der Waals surface area contributed by atoms with Gasteiger partial charge in [0.2, 0.25) is 0 Å². The maximum atomic E-state index is 13.2. The molecule has 0 radical (unpaired) electrons. The van der Waals surface area contributed by atoms with Crippen molar-refractivity contribution >= 4 is 28.3 Å². The first-order valence-electron chi connectivity index (χ1n) is 8.38. The predicted octanol–water partition coefficient (Wildman–Crippen LogP) is 1.54. The third-order valence-corrected chi connectivity index (χ3v) is 5.13. The van der Waals surface area contributed by atoms with Crippen LogP contribution in [0.15, 0.2) is 40.2 Å². The SMILES string of the molecule is Cn1c(=O)c2c(-c3ccc(Cl)cc3C#N)c(CN)c3nccn3c2n(C)c1=O. The van der Waals surface area contributed by atoms with Crippen molar-refractivity contribution in [2.75, 3.05) is 0 Å². The van der Waals surface area contributed by atoms with Gasteiger partial charge in [0.1, 0.15) is 11.3 Å². The Morgan fingerprint density at radius 3 is 2.68 bits per heavy atom. The van der Waals surface area contributed by atoms with Crippen molar-refractivity contribution in [3.05, 3.63) is 67.6 Å². The molecule has 4 rings (SSSR count). The molecule has 0 aliphatic carbocycles. The molecular formula is C19H15ClN6O2. The highest BCUT2D eigenvalue weighted by atomic mass is 35.5. The standard InChI is InChI=1S/C19H15ClN6O2/c1-24-17-15(18(27)25(2)19(24)28)14(12-4-3-11(20)7-10(12)8-21)13(9-22)16-23-5-6-26(16)17/h3-7H,9,22H2,1-2H3. The number of fused-ring (bicyclic) bond motifs is 3. The van der Waals surface area contributed by atoms with Crippen LogP contribution in [0.2, 0.25) is 5.02 Å². The zero-order valence-electron chi connectivity index (χ0n) is 15.1. The van der Waals surface area contributed by atoms with Crippen LogP contribution in [0.4, 0.5) is 0 Å². The second-order valence-electron chi connectivity index (χ2n) is 6.38. The van der Waals surface area contributed by atoms with Crippen molar-refractivity contribution in [3.8, 4) is 17.2 Å². The van der Waals surface area contributed by atoms with E-state index in [0.29, 0.717) is 38.6 Å². The summed E-state index contributed by atoms with van der Waals surface area (Å²) in [4.78, 5) is 30.1. The Balaban J connectivity index is 2.41. The van der Waals surface area contributed by atoms with E-state index in [2.05, 4.69) is 11.1 Å². The zero-order valence-corrected chi connectivity index (χ0v) is 15.9. The lowest BCUT2D eigenvalue weighted by Gasteiger charge is -2.18. The van der Waals surface area contributed by atoms with E-state index in [1.807, 2.05) is 0 Å². The molecule has 0 aliphatic heterocycles. The number of nitrogens with two attached hydrogens (primary N) is 1. The average molecular weight is 395 g/mol. The normalized spacial score (nSPS) is 11.2. The third-order valence-electron chi connectivity index (χ3n) is 4.90. The van der Waals surface area contributed by atoms with Crippen LogP contribution >= 0.6 is 11.6 Å². The van der Waals surface area contributed by atoms with E-state index in [4.69, 9.17) is 17.3 Å². The molecule has 0 atom stereocenters. The van der Waals surface area contributed by atoms with Gasteiger partial charge in [-0.25, -0.2) is 9.78 Å². The van der Waals surface area contributed by atoms with Crippen LogP contribution in [0, 0.1) is 11.3 Å². The van der Waals surface area contributed by atoms with Crippen molar-refractivity contribution in [1.82, 2.24) is 18.5 Å². The highest BCUT2D eigenvalue weighted by molar-refractivity contribution is 6.30. The first kappa shape index (κ1) is 18.0. The van der Waals surface area contributed by atoms with Gasteiger partial charge >= 0.3 is 5.69 Å². The van der Waals surface area contributed by atoms with Gasteiger partial charge in [-0.1, -0.05) is 17.7 Å². The van der Waals surface area contributed by atoms with E-state index in [-0.39, 0.29) is 11.9 Å². The second kappa shape index (κ2) is 6.34. The molecule has 3 heterocycles. The smallest absolute Gasteiger partial charge is 0.326 e. The molecule has 0 bridgehead atoms. The summed E-state index contributed by atoms with van der Waals surface area (Å²) in [5.41, 5.74) is 7.91. The van der Waals surface area contributed by atoms with Crippen molar-refractivity contribution in [3.63, 3.8) is 0 Å². The van der Waals surface area contributed by atoms with Crippen LogP contribution in [-0.4, -0.2) is 18.5 Å². The van der Waals surface area contributed by atoms with Crippen LogP contribution in [0.1, 0.15) is 11.1 Å². The van der Waals surface area contributed by atoms with Crippen LogP contribution in [0.5, 0.6) is 0 Å². The fourth-order valence-electron chi connectivity index (χ4n) is 3.61. The maximum Gasteiger partial charge on any atom is 0.332 e. The molecule has 2 N–H and O–H groups in total. The number of pyridine rings is 1. The van der Waals surface area contributed by atoms with Gasteiger partial charge in [-0.05, 0) is 12.1 Å². The van der Waals surface area contributed by atoms with Crippen LogP contribution in [-0.2, 0) is 20.6 Å².